The molecule has 0 aliphatic heterocycles. The maximum Gasteiger partial charge on any atom is 0.451 e. The highest BCUT2D eigenvalue weighted by Gasteiger charge is 2.35. The van der Waals surface area contributed by atoms with Crippen LogP contribution in [0.3, 0.4) is 0 Å². The molecule has 1 aromatic heterocycles. The molecule has 0 fully saturated rings. The Kier molecular flexibility index (Phi) is 4.34. The van der Waals surface area contributed by atoms with Gasteiger partial charge in [0.2, 0.25) is 11.8 Å². The van der Waals surface area contributed by atoms with Crippen LogP contribution in [0.4, 0.5) is 24.8 Å². The van der Waals surface area contributed by atoms with Crippen molar-refractivity contribution in [3.63, 3.8) is 0 Å². The quantitative estimate of drug-likeness (QED) is 0.866. The molecule has 1 heterocycles. The molecule has 2 aromatic rings. The average Bonchev–Trinajstić information content (AvgIpc) is 2.40. The van der Waals surface area contributed by atoms with Crippen molar-refractivity contribution in [3.05, 3.63) is 35.1 Å². The minimum absolute atomic E-state index is 0.0104. The molecule has 0 atom stereocenters. The second-order valence-corrected chi connectivity index (χ2v) is 4.81. The maximum absolute atomic E-state index is 12.7. The molecule has 106 valence electrons. The first-order valence-electron chi connectivity index (χ1n) is 5.28. The van der Waals surface area contributed by atoms with Gasteiger partial charge in [0.05, 0.1) is 0 Å². The molecular weight excluding hydrogens is 313 g/mol. The molecule has 0 bridgehead atoms. The van der Waals surface area contributed by atoms with Gasteiger partial charge >= 0.3 is 6.18 Å². The molecule has 2 rings (SSSR count). The molecule has 0 saturated heterocycles. The summed E-state index contributed by atoms with van der Waals surface area (Å²) in [5, 5.41) is 3.19. The van der Waals surface area contributed by atoms with E-state index in [0.717, 1.165) is 11.8 Å². The molecular formula is C11H8ClF3N4S. The van der Waals surface area contributed by atoms with E-state index in [-0.39, 0.29) is 11.1 Å². The number of hydrogen-bond acceptors (Lipinski definition) is 5. The second-order valence-electron chi connectivity index (χ2n) is 3.60. The van der Waals surface area contributed by atoms with Crippen LogP contribution in [0.15, 0.2) is 29.4 Å². The van der Waals surface area contributed by atoms with Gasteiger partial charge in [-0.1, -0.05) is 23.4 Å². The molecule has 0 spiro atoms. The summed E-state index contributed by atoms with van der Waals surface area (Å²) in [6, 6.07) is 6.42. The molecule has 9 heteroatoms. The van der Waals surface area contributed by atoms with Crippen LogP contribution in [-0.2, 0) is 6.18 Å². The summed E-state index contributed by atoms with van der Waals surface area (Å²) in [6.45, 7) is 0. The van der Waals surface area contributed by atoms with Crippen LogP contribution < -0.4 is 5.32 Å². The van der Waals surface area contributed by atoms with Crippen LogP contribution in [0.1, 0.15) is 5.82 Å². The van der Waals surface area contributed by atoms with Crippen molar-refractivity contribution in [2.75, 3.05) is 11.6 Å². The lowest BCUT2D eigenvalue weighted by Crippen LogP contribution is -2.14. The Morgan fingerprint density at radius 2 is 1.75 bits per heavy atom. The Hall–Kier alpha value is -1.54. The number of nitrogens with zero attached hydrogens (tertiary/aromatic N) is 3. The summed E-state index contributed by atoms with van der Waals surface area (Å²) in [6.07, 6.45) is -3.04. The van der Waals surface area contributed by atoms with Gasteiger partial charge in [-0.3, -0.25) is 0 Å². The van der Waals surface area contributed by atoms with E-state index in [1.54, 1.807) is 30.5 Å². The number of benzene rings is 1. The van der Waals surface area contributed by atoms with E-state index in [4.69, 9.17) is 11.6 Å². The van der Waals surface area contributed by atoms with Gasteiger partial charge in [0.25, 0.3) is 0 Å². The van der Waals surface area contributed by atoms with Gasteiger partial charge in [-0.15, -0.1) is 0 Å². The fraction of sp³-hybridized carbons (Fsp3) is 0.182. The first kappa shape index (κ1) is 14.9. The number of alkyl halides is 3. The summed E-state index contributed by atoms with van der Waals surface area (Å²) >= 11 is 6.73. The van der Waals surface area contributed by atoms with Crippen molar-refractivity contribution in [2.24, 2.45) is 0 Å². The van der Waals surface area contributed by atoms with E-state index >= 15 is 0 Å². The van der Waals surface area contributed by atoms with Crippen LogP contribution in [0, 0.1) is 0 Å². The van der Waals surface area contributed by atoms with Crippen LogP contribution in [-0.4, -0.2) is 21.2 Å². The van der Waals surface area contributed by atoms with Crippen LogP contribution in [0.2, 0.25) is 5.02 Å². The third-order valence-corrected chi connectivity index (χ3v) is 2.95. The summed E-state index contributed by atoms with van der Waals surface area (Å²) in [5.74, 6) is -1.40. The van der Waals surface area contributed by atoms with E-state index in [1.165, 1.54) is 0 Å². The number of nitrogens with one attached hydrogen (secondary N) is 1. The third-order valence-electron chi connectivity index (χ3n) is 2.15. The van der Waals surface area contributed by atoms with Gasteiger partial charge in [-0.05, 0) is 30.5 Å². The highest BCUT2D eigenvalue weighted by atomic mass is 35.5. The van der Waals surface area contributed by atoms with Gasteiger partial charge in [0.15, 0.2) is 5.16 Å². The Labute approximate surface area is 121 Å². The normalized spacial score (nSPS) is 11.4. The molecule has 0 aliphatic rings. The van der Waals surface area contributed by atoms with Crippen molar-refractivity contribution in [3.8, 4) is 0 Å². The fourth-order valence-corrected chi connectivity index (χ4v) is 1.77. The molecule has 1 N–H and O–H groups in total. The minimum Gasteiger partial charge on any atom is -0.324 e. The van der Waals surface area contributed by atoms with Crippen molar-refractivity contribution < 1.29 is 13.2 Å². The third kappa shape index (κ3) is 3.73. The number of anilines is 2. The lowest BCUT2D eigenvalue weighted by molar-refractivity contribution is -0.145. The standard InChI is InChI=1S/C11H8ClF3N4S/c1-20-10-18-8(11(13,14)15)17-9(19-10)16-7-4-2-6(12)3-5-7/h2-5H,1H3,(H,16,17,18,19). The first-order chi connectivity index (χ1) is 9.38. The molecule has 0 radical (unpaired) electrons. The minimum atomic E-state index is -4.62. The zero-order valence-corrected chi connectivity index (χ0v) is 11.6. The molecule has 0 saturated carbocycles. The molecule has 0 aliphatic carbocycles. The zero-order chi connectivity index (χ0) is 14.8. The van der Waals surface area contributed by atoms with E-state index in [2.05, 4.69) is 20.3 Å². The second kappa shape index (κ2) is 5.84. The Morgan fingerprint density at radius 3 is 2.30 bits per heavy atom. The number of hydrogen-bond donors (Lipinski definition) is 1. The van der Waals surface area contributed by atoms with Crippen molar-refractivity contribution >= 4 is 35.0 Å². The Morgan fingerprint density at radius 1 is 1.10 bits per heavy atom. The van der Waals surface area contributed by atoms with Gasteiger partial charge in [-0.25, -0.2) is 0 Å². The largest absolute Gasteiger partial charge is 0.451 e. The van der Waals surface area contributed by atoms with E-state index in [0.29, 0.717) is 10.7 Å². The molecule has 0 amide bonds. The van der Waals surface area contributed by atoms with Crippen LogP contribution in [0.25, 0.3) is 0 Å². The summed E-state index contributed by atoms with van der Waals surface area (Å²) in [5.41, 5.74) is 0.528. The predicted molar refractivity (Wildman–Crippen MR) is 71.3 cm³/mol. The highest BCUT2D eigenvalue weighted by Crippen LogP contribution is 2.28. The maximum atomic E-state index is 12.7. The summed E-state index contributed by atoms with van der Waals surface area (Å²) in [4.78, 5) is 10.6. The van der Waals surface area contributed by atoms with E-state index in [1.807, 2.05) is 0 Å². The van der Waals surface area contributed by atoms with Crippen molar-refractivity contribution in [2.45, 2.75) is 11.3 Å². The molecule has 0 unspecified atom stereocenters. The van der Waals surface area contributed by atoms with Crippen molar-refractivity contribution in [1.29, 1.82) is 0 Å². The van der Waals surface area contributed by atoms with Crippen LogP contribution >= 0.6 is 23.4 Å². The average molecular weight is 321 g/mol. The number of rotatable bonds is 3. The van der Waals surface area contributed by atoms with Gasteiger partial charge in [-0.2, -0.15) is 28.1 Å². The summed E-state index contributed by atoms with van der Waals surface area (Å²) < 4.78 is 38.0. The first-order valence-corrected chi connectivity index (χ1v) is 6.88. The number of aromatic nitrogens is 3. The lowest BCUT2D eigenvalue weighted by atomic mass is 10.3. The summed E-state index contributed by atoms with van der Waals surface area (Å²) in [7, 11) is 0. The molecule has 1 aromatic carbocycles. The Bertz CT molecular complexity index is 604. The van der Waals surface area contributed by atoms with Gasteiger partial charge in [0.1, 0.15) is 0 Å². The van der Waals surface area contributed by atoms with E-state index < -0.39 is 12.0 Å². The molecule has 4 nitrogen and oxygen atoms in total. The highest BCUT2D eigenvalue weighted by molar-refractivity contribution is 7.98. The number of halogens is 4. The van der Waals surface area contributed by atoms with Gasteiger partial charge in [0, 0.05) is 10.7 Å². The lowest BCUT2D eigenvalue weighted by Gasteiger charge is -2.09. The smallest absolute Gasteiger partial charge is 0.324 e. The monoisotopic (exact) mass is 320 g/mol. The predicted octanol–water partition coefficient (Wildman–Crippen LogP) is 4.01. The topological polar surface area (TPSA) is 50.7 Å². The van der Waals surface area contributed by atoms with Gasteiger partial charge < -0.3 is 5.32 Å². The fourth-order valence-electron chi connectivity index (χ4n) is 1.29. The van der Waals surface area contributed by atoms with Crippen molar-refractivity contribution in [1.82, 2.24) is 15.0 Å². The zero-order valence-electron chi connectivity index (χ0n) is 10.1. The molecule has 20 heavy (non-hydrogen) atoms. The Balaban J connectivity index is 2.33. The number of thioether (sulfide) groups is 1. The van der Waals surface area contributed by atoms with E-state index in [9.17, 15) is 13.2 Å². The van der Waals surface area contributed by atoms with Crippen LogP contribution in [0.5, 0.6) is 0 Å². The SMILES string of the molecule is CSc1nc(Nc2ccc(Cl)cc2)nc(C(F)(F)F)n1.